The van der Waals surface area contributed by atoms with Gasteiger partial charge in [0.2, 0.25) is 11.4 Å². The summed E-state index contributed by atoms with van der Waals surface area (Å²) in [5, 5.41) is 5.36. The maximum absolute atomic E-state index is 2.49. The van der Waals surface area contributed by atoms with E-state index in [9.17, 15) is 0 Å². The number of halogens is 2. The Kier molecular flexibility index (Phi) is 5.62. The van der Waals surface area contributed by atoms with Crippen LogP contribution < -0.4 is 33.9 Å². The minimum Gasteiger partial charge on any atom is -1.00 e. The summed E-state index contributed by atoms with van der Waals surface area (Å²) in [5.74, 6) is 0. The number of aromatic nitrogens is 2. The molecule has 2 aliphatic heterocycles. The summed E-state index contributed by atoms with van der Waals surface area (Å²) in [5.41, 5.74) is 11.8. The van der Waals surface area contributed by atoms with Gasteiger partial charge in [-0.15, -0.1) is 0 Å². The largest absolute Gasteiger partial charge is 1.00 e. The number of fused-ring (bicyclic) bond motifs is 11. The maximum atomic E-state index is 2.49. The van der Waals surface area contributed by atoms with E-state index in [1.165, 1.54) is 55.2 Å². The zero-order valence-electron chi connectivity index (χ0n) is 19.4. The Bertz CT molecular complexity index is 1480. The van der Waals surface area contributed by atoms with Crippen molar-refractivity contribution in [2.24, 2.45) is 0 Å². The first-order chi connectivity index (χ1) is 15.7. The molecule has 7 rings (SSSR count). The fourth-order valence-corrected chi connectivity index (χ4v) is 6.19. The van der Waals surface area contributed by atoms with Crippen LogP contribution in [-0.2, 0) is 25.9 Å². The van der Waals surface area contributed by atoms with Gasteiger partial charge in [0, 0.05) is 25.0 Å². The highest BCUT2D eigenvalue weighted by Crippen LogP contribution is 2.46. The molecule has 0 N–H and O–H groups in total. The molecule has 4 heterocycles. The van der Waals surface area contributed by atoms with Gasteiger partial charge in [-0.2, -0.15) is 9.13 Å². The zero-order chi connectivity index (χ0) is 21.4. The molecule has 3 aromatic carbocycles. The zero-order valence-corrected chi connectivity index (χ0v) is 20.9. The lowest BCUT2D eigenvalue weighted by molar-refractivity contribution is -0.688. The molecule has 170 valence electrons. The molecule has 0 spiro atoms. The average molecular weight is 485 g/mol. The second-order valence-corrected chi connectivity index (χ2v) is 9.35. The van der Waals surface area contributed by atoms with Crippen molar-refractivity contribution in [3.8, 4) is 22.5 Å². The van der Waals surface area contributed by atoms with Crippen molar-refractivity contribution in [2.75, 3.05) is 0 Å². The predicted molar refractivity (Wildman–Crippen MR) is 130 cm³/mol. The SMILES string of the molecule is Cc1c(C)c2c(c3c1CC[n+]1ccc4ccccc4c1-3)-c1c3ccccc3cc[n+]1CC2.[Cl-].[Cl-]. The summed E-state index contributed by atoms with van der Waals surface area (Å²) < 4.78 is 4.98. The Hall–Kier alpha value is -2.94. The van der Waals surface area contributed by atoms with Crippen LogP contribution in [-0.4, -0.2) is 0 Å². The molecule has 2 aliphatic rings. The van der Waals surface area contributed by atoms with Crippen LogP contribution in [0.2, 0.25) is 0 Å². The normalized spacial score (nSPS) is 13.2. The molecule has 0 saturated heterocycles. The summed E-state index contributed by atoms with van der Waals surface area (Å²) >= 11 is 0. The molecular formula is C30H26Cl2N2. The van der Waals surface area contributed by atoms with Crippen molar-refractivity contribution < 1.29 is 33.9 Å². The van der Waals surface area contributed by atoms with Gasteiger partial charge in [0.15, 0.2) is 25.5 Å². The molecular weight excluding hydrogens is 459 g/mol. The van der Waals surface area contributed by atoms with E-state index in [2.05, 4.69) is 96.0 Å². The van der Waals surface area contributed by atoms with Crippen molar-refractivity contribution >= 4 is 21.5 Å². The standard InChI is InChI=1S/C30H26N2.2ClH/c1-19-20(2)24-14-18-32-16-12-22-8-4-6-10-26(22)30(32)28(24)27-23(19)13-17-31-15-11-21-7-3-5-9-25(21)29(27)31;;/h3-12,15-16H,13-14,17-18H2,1-2H3;2*1H/q+2;;/p-2. The molecule has 0 saturated carbocycles. The average Bonchev–Trinajstić information content (AvgIpc) is 2.85. The Morgan fingerprint density at radius 3 is 1.41 bits per heavy atom. The van der Waals surface area contributed by atoms with E-state index in [1.54, 1.807) is 11.1 Å². The third-order valence-corrected chi connectivity index (χ3v) is 7.87. The van der Waals surface area contributed by atoms with Crippen LogP contribution in [0.15, 0.2) is 73.1 Å². The van der Waals surface area contributed by atoms with E-state index in [0.717, 1.165) is 25.9 Å². The highest BCUT2D eigenvalue weighted by atomic mass is 35.5. The van der Waals surface area contributed by atoms with Crippen molar-refractivity contribution in [3.05, 3.63) is 95.3 Å². The summed E-state index contributed by atoms with van der Waals surface area (Å²) in [6.07, 6.45) is 6.77. The monoisotopic (exact) mass is 484 g/mol. The fraction of sp³-hybridized carbons (Fsp3) is 0.200. The summed E-state index contributed by atoms with van der Waals surface area (Å²) in [6.45, 7) is 6.78. The van der Waals surface area contributed by atoms with Gasteiger partial charge in [-0.05, 0) is 59.0 Å². The number of rotatable bonds is 0. The maximum Gasteiger partial charge on any atom is 0.221 e. The highest BCUT2D eigenvalue weighted by Gasteiger charge is 2.37. The van der Waals surface area contributed by atoms with Crippen LogP contribution in [0.4, 0.5) is 0 Å². The quantitative estimate of drug-likeness (QED) is 0.265. The second-order valence-electron chi connectivity index (χ2n) is 9.35. The van der Waals surface area contributed by atoms with Crippen LogP contribution in [0.1, 0.15) is 22.3 Å². The van der Waals surface area contributed by atoms with E-state index in [-0.39, 0.29) is 24.8 Å². The number of hydrogen-bond acceptors (Lipinski definition) is 0. The molecule has 2 nitrogen and oxygen atoms in total. The molecule has 0 bridgehead atoms. The van der Waals surface area contributed by atoms with Gasteiger partial charge in [0.25, 0.3) is 0 Å². The lowest BCUT2D eigenvalue weighted by Crippen LogP contribution is -3.00. The van der Waals surface area contributed by atoms with Crippen molar-refractivity contribution in [3.63, 3.8) is 0 Å². The Balaban J connectivity index is 0.00000120. The van der Waals surface area contributed by atoms with E-state index in [4.69, 9.17) is 0 Å². The van der Waals surface area contributed by atoms with Crippen LogP contribution in [0.3, 0.4) is 0 Å². The summed E-state index contributed by atoms with van der Waals surface area (Å²) in [7, 11) is 0. The highest BCUT2D eigenvalue weighted by molar-refractivity contribution is 6.03. The molecule has 34 heavy (non-hydrogen) atoms. The Morgan fingerprint density at radius 1 is 0.559 bits per heavy atom. The van der Waals surface area contributed by atoms with E-state index < -0.39 is 0 Å². The molecule has 0 aliphatic carbocycles. The topological polar surface area (TPSA) is 7.76 Å². The number of aryl methyl sites for hydroxylation is 2. The third kappa shape index (κ3) is 3.02. The minimum absolute atomic E-state index is 0. The van der Waals surface area contributed by atoms with Gasteiger partial charge in [-0.3, -0.25) is 0 Å². The van der Waals surface area contributed by atoms with Gasteiger partial charge in [-0.25, -0.2) is 0 Å². The molecule has 0 unspecified atom stereocenters. The first kappa shape index (κ1) is 22.8. The molecule has 0 amide bonds. The summed E-state index contributed by atoms with van der Waals surface area (Å²) in [6, 6.07) is 22.3. The van der Waals surface area contributed by atoms with E-state index >= 15 is 0 Å². The van der Waals surface area contributed by atoms with Crippen LogP contribution in [0.25, 0.3) is 44.1 Å². The summed E-state index contributed by atoms with van der Waals surface area (Å²) in [4.78, 5) is 0. The van der Waals surface area contributed by atoms with Crippen LogP contribution in [0, 0.1) is 13.8 Å². The molecule has 0 atom stereocenters. The lowest BCUT2D eigenvalue weighted by Gasteiger charge is -2.27. The molecule has 0 fully saturated rings. The van der Waals surface area contributed by atoms with Crippen molar-refractivity contribution in [2.45, 2.75) is 39.8 Å². The van der Waals surface area contributed by atoms with Gasteiger partial charge >= 0.3 is 0 Å². The van der Waals surface area contributed by atoms with Crippen LogP contribution in [0.5, 0.6) is 0 Å². The first-order valence-corrected chi connectivity index (χ1v) is 11.7. The Labute approximate surface area is 212 Å². The molecule has 4 heteroatoms. The van der Waals surface area contributed by atoms with Crippen LogP contribution >= 0.6 is 0 Å². The third-order valence-electron chi connectivity index (χ3n) is 7.87. The van der Waals surface area contributed by atoms with Gasteiger partial charge in [-0.1, -0.05) is 36.4 Å². The van der Waals surface area contributed by atoms with Crippen molar-refractivity contribution in [1.29, 1.82) is 0 Å². The molecule has 0 radical (unpaired) electrons. The smallest absolute Gasteiger partial charge is 0.221 e. The van der Waals surface area contributed by atoms with E-state index in [1.807, 2.05) is 0 Å². The number of benzene rings is 3. The molecule has 5 aromatic rings. The van der Waals surface area contributed by atoms with Gasteiger partial charge in [0.1, 0.15) is 0 Å². The number of hydrogen-bond donors (Lipinski definition) is 0. The lowest BCUT2D eigenvalue weighted by atomic mass is 9.78. The van der Waals surface area contributed by atoms with Gasteiger partial charge < -0.3 is 24.8 Å². The molecule has 2 aromatic heterocycles. The number of nitrogens with zero attached hydrogens (tertiary/aromatic N) is 2. The van der Waals surface area contributed by atoms with Gasteiger partial charge in [0.05, 0.1) is 21.9 Å². The fourth-order valence-electron chi connectivity index (χ4n) is 6.19. The number of pyridine rings is 2. The van der Waals surface area contributed by atoms with E-state index in [0.29, 0.717) is 0 Å². The minimum atomic E-state index is 0. The second kappa shape index (κ2) is 8.37. The van der Waals surface area contributed by atoms with Crippen molar-refractivity contribution in [1.82, 2.24) is 0 Å². The first-order valence-electron chi connectivity index (χ1n) is 11.7. The Morgan fingerprint density at radius 2 is 0.971 bits per heavy atom. The predicted octanol–water partition coefficient (Wildman–Crippen LogP) is -0.361.